The summed E-state index contributed by atoms with van der Waals surface area (Å²) in [6, 6.07) is 14.4. The number of amides is 1. The van der Waals surface area contributed by atoms with Crippen molar-refractivity contribution in [2.45, 2.75) is 26.8 Å². The highest BCUT2D eigenvalue weighted by molar-refractivity contribution is 6.51. The minimum absolute atomic E-state index is 0.0334. The number of anilines is 1. The molecule has 1 aliphatic rings. The Morgan fingerprint density at radius 1 is 1.00 bits per heavy atom. The van der Waals surface area contributed by atoms with Crippen LogP contribution in [0.2, 0.25) is 0 Å². The van der Waals surface area contributed by atoms with Crippen LogP contribution in [0.25, 0.3) is 5.76 Å². The molecule has 0 spiro atoms. The van der Waals surface area contributed by atoms with E-state index in [0.29, 0.717) is 41.6 Å². The van der Waals surface area contributed by atoms with Gasteiger partial charge in [0, 0.05) is 11.6 Å². The first-order chi connectivity index (χ1) is 15.9. The maximum absolute atomic E-state index is 13.1. The average Bonchev–Trinajstić information content (AvgIpc) is 3.35. The Hall–Kier alpha value is -4.07. The van der Waals surface area contributed by atoms with E-state index in [4.69, 9.17) is 14.0 Å². The van der Waals surface area contributed by atoms with Crippen LogP contribution in [0.1, 0.15) is 36.8 Å². The first kappa shape index (κ1) is 22.1. The van der Waals surface area contributed by atoms with Crippen molar-refractivity contribution in [3.05, 3.63) is 77.1 Å². The lowest BCUT2D eigenvalue weighted by Gasteiger charge is -2.23. The summed E-state index contributed by atoms with van der Waals surface area (Å²) in [6.07, 6.45) is 0. The van der Waals surface area contributed by atoms with Crippen molar-refractivity contribution in [2.24, 2.45) is 0 Å². The Morgan fingerprint density at radius 2 is 1.58 bits per heavy atom. The molecule has 4 rings (SSSR count). The van der Waals surface area contributed by atoms with Crippen LogP contribution in [0.4, 0.5) is 5.82 Å². The third-order valence-electron chi connectivity index (χ3n) is 5.25. The van der Waals surface area contributed by atoms with Gasteiger partial charge in [0.15, 0.2) is 5.82 Å². The molecule has 3 aromatic rings. The highest BCUT2D eigenvalue weighted by atomic mass is 16.5. The Labute approximate surface area is 191 Å². The van der Waals surface area contributed by atoms with Gasteiger partial charge in [0.2, 0.25) is 0 Å². The maximum atomic E-state index is 13.1. The molecule has 1 aromatic heterocycles. The average molecular weight is 448 g/mol. The zero-order valence-electron chi connectivity index (χ0n) is 18.6. The van der Waals surface area contributed by atoms with Crippen molar-refractivity contribution in [2.75, 3.05) is 18.1 Å². The zero-order chi connectivity index (χ0) is 23.5. The minimum atomic E-state index is -0.892. The number of aryl methyl sites for hydroxylation is 1. The summed E-state index contributed by atoms with van der Waals surface area (Å²) in [5, 5.41) is 15.1. The summed E-state index contributed by atoms with van der Waals surface area (Å²) in [4.78, 5) is 27.4. The fraction of sp³-hybridized carbons (Fsp3) is 0.240. The molecule has 170 valence electrons. The van der Waals surface area contributed by atoms with Crippen molar-refractivity contribution in [3.63, 3.8) is 0 Å². The van der Waals surface area contributed by atoms with E-state index in [2.05, 4.69) is 5.16 Å². The molecule has 1 amide bonds. The first-order valence-corrected chi connectivity index (χ1v) is 10.6. The first-order valence-electron chi connectivity index (χ1n) is 10.6. The quantitative estimate of drug-likeness (QED) is 0.325. The van der Waals surface area contributed by atoms with Crippen molar-refractivity contribution < 1.29 is 28.7 Å². The van der Waals surface area contributed by atoms with Crippen LogP contribution in [0.5, 0.6) is 11.5 Å². The number of hydrogen-bond donors (Lipinski definition) is 1. The van der Waals surface area contributed by atoms with Crippen molar-refractivity contribution in [1.82, 2.24) is 5.16 Å². The van der Waals surface area contributed by atoms with E-state index >= 15 is 0 Å². The van der Waals surface area contributed by atoms with Gasteiger partial charge in [-0.05, 0) is 62.7 Å². The van der Waals surface area contributed by atoms with Gasteiger partial charge in [-0.3, -0.25) is 14.5 Å². The third kappa shape index (κ3) is 4.19. The number of nitrogens with zero attached hydrogens (tertiary/aromatic N) is 2. The van der Waals surface area contributed by atoms with E-state index in [0.717, 1.165) is 0 Å². The topological polar surface area (TPSA) is 102 Å². The molecular weight excluding hydrogens is 424 g/mol. The summed E-state index contributed by atoms with van der Waals surface area (Å²) < 4.78 is 16.1. The number of aromatic nitrogens is 1. The number of carbonyl (C=O) groups is 2. The van der Waals surface area contributed by atoms with Crippen LogP contribution >= 0.6 is 0 Å². The molecule has 0 aliphatic carbocycles. The second-order valence-electron chi connectivity index (χ2n) is 7.42. The minimum Gasteiger partial charge on any atom is -0.507 e. The fourth-order valence-corrected chi connectivity index (χ4v) is 3.80. The summed E-state index contributed by atoms with van der Waals surface area (Å²) in [5.41, 5.74) is 0.975. The Bertz CT molecular complexity index is 1190. The number of benzene rings is 2. The van der Waals surface area contributed by atoms with Crippen LogP contribution < -0.4 is 14.4 Å². The summed E-state index contributed by atoms with van der Waals surface area (Å²) in [7, 11) is 0. The number of hydrogen-bond acceptors (Lipinski definition) is 7. The second kappa shape index (κ2) is 9.20. The van der Waals surface area contributed by atoms with Gasteiger partial charge in [0.25, 0.3) is 5.78 Å². The normalized spacial score (nSPS) is 17.4. The second-order valence-corrected chi connectivity index (χ2v) is 7.42. The number of ketones is 1. The van der Waals surface area contributed by atoms with E-state index in [1.54, 1.807) is 61.5 Å². The van der Waals surface area contributed by atoms with E-state index in [1.165, 1.54) is 4.90 Å². The smallest absolute Gasteiger partial charge is 0.301 e. The number of aliphatic hydroxyl groups excluding tert-OH is 1. The fourth-order valence-electron chi connectivity index (χ4n) is 3.80. The van der Waals surface area contributed by atoms with E-state index in [-0.39, 0.29) is 17.2 Å². The van der Waals surface area contributed by atoms with Crippen molar-refractivity contribution >= 4 is 23.3 Å². The Kier molecular flexibility index (Phi) is 6.17. The SMILES string of the molecule is CCOc1ccc(C(O)=C2C(=O)C(=O)N(c3cc(C)on3)C2c2ccc(OCC)cc2)cc1. The Morgan fingerprint density at radius 3 is 2.09 bits per heavy atom. The molecule has 2 aromatic carbocycles. The van der Waals surface area contributed by atoms with Gasteiger partial charge in [0.1, 0.15) is 23.0 Å². The molecular formula is C25H24N2O6. The molecule has 1 atom stereocenters. The van der Waals surface area contributed by atoms with Gasteiger partial charge in [0.05, 0.1) is 24.8 Å². The van der Waals surface area contributed by atoms with E-state index < -0.39 is 17.7 Å². The van der Waals surface area contributed by atoms with Gasteiger partial charge in [-0.1, -0.05) is 17.3 Å². The number of aliphatic hydroxyl groups is 1. The zero-order valence-corrected chi connectivity index (χ0v) is 18.6. The van der Waals surface area contributed by atoms with Gasteiger partial charge >= 0.3 is 5.91 Å². The molecule has 1 fully saturated rings. The summed E-state index contributed by atoms with van der Waals surface area (Å²) in [6.45, 7) is 6.46. The standard InChI is InChI=1S/C25H24N2O6/c1-4-31-18-10-6-16(7-11-18)22-21(23(28)17-8-12-19(13-9-17)32-5-2)24(29)25(30)27(22)20-14-15(3)33-26-20/h6-14,22,28H,4-5H2,1-3H3. The molecule has 1 aliphatic heterocycles. The number of rotatable bonds is 7. The van der Waals surface area contributed by atoms with Gasteiger partial charge in [-0.2, -0.15) is 0 Å². The van der Waals surface area contributed by atoms with Gasteiger partial charge in [-0.15, -0.1) is 0 Å². The summed E-state index contributed by atoms with van der Waals surface area (Å²) in [5.74, 6) is 0.0920. The van der Waals surface area contributed by atoms with Crippen LogP contribution in [-0.4, -0.2) is 35.2 Å². The predicted molar refractivity (Wildman–Crippen MR) is 121 cm³/mol. The lowest BCUT2D eigenvalue weighted by molar-refractivity contribution is -0.132. The van der Waals surface area contributed by atoms with Crippen LogP contribution in [0, 0.1) is 6.92 Å². The van der Waals surface area contributed by atoms with Crippen LogP contribution in [-0.2, 0) is 9.59 Å². The predicted octanol–water partition coefficient (Wildman–Crippen LogP) is 4.41. The van der Waals surface area contributed by atoms with Crippen molar-refractivity contribution in [1.29, 1.82) is 0 Å². The number of Topliss-reactive ketones (excluding diaryl/α,β-unsaturated/α-hetero) is 1. The molecule has 1 saturated heterocycles. The third-order valence-corrected chi connectivity index (χ3v) is 5.25. The van der Waals surface area contributed by atoms with Crippen molar-refractivity contribution in [3.8, 4) is 11.5 Å². The molecule has 0 saturated carbocycles. The summed E-state index contributed by atoms with van der Waals surface area (Å²) >= 11 is 0. The monoisotopic (exact) mass is 448 g/mol. The highest BCUT2D eigenvalue weighted by Crippen LogP contribution is 2.42. The van der Waals surface area contributed by atoms with Gasteiger partial charge < -0.3 is 19.1 Å². The molecule has 2 heterocycles. The molecule has 8 heteroatoms. The molecule has 1 N–H and O–H groups in total. The Balaban J connectivity index is 1.85. The number of carbonyl (C=O) groups excluding carboxylic acids is 2. The largest absolute Gasteiger partial charge is 0.507 e. The molecule has 8 nitrogen and oxygen atoms in total. The maximum Gasteiger partial charge on any atom is 0.301 e. The highest BCUT2D eigenvalue weighted by Gasteiger charge is 2.48. The van der Waals surface area contributed by atoms with E-state index in [1.807, 2.05) is 13.8 Å². The molecule has 1 unspecified atom stereocenters. The van der Waals surface area contributed by atoms with Crippen LogP contribution in [0.3, 0.4) is 0 Å². The van der Waals surface area contributed by atoms with Crippen LogP contribution in [0.15, 0.2) is 64.7 Å². The van der Waals surface area contributed by atoms with E-state index in [9.17, 15) is 14.7 Å². The molecule has 0 bridgehead atoms. The molecule has 33 heavy (non-hydrogen) atoms. The lowest BCUT2D eigenvalue weighted by atomic mass is 9.95. The number of ether oxygens (including phenoxy) is 2. The van der Waals surface area contributed by atoms with Gasteiger partial charge in [-0.25, -0.2) is 0 Å². The molecule has 0 radical (unpaired) electrons. The lowest BCUT2D eigenvalue weighted by Crippen LogP contribution is -2.29.